The van der Waals surface area contributed by atoms with E-state index in [1.165, 1.54) is 18.1 Å². The van der Waals surface area contributed by atoms with E-state index in [9.17, 15) is 24.3 Å². The zero-order valence-corrected chi connectivity index (χ0v) is 24.3. The predicted octanol–water partition coefficient (Wildman–Crippen LogP) is 1.34. The standard InChI is InChI=1S/C28H39N7O5S/c1-4-16(2)24(29)27(38)34-22(12-18-14-30-15-32-18)26(37)33-21(9-10-41-3)25(36)35-23(28(39)40)11-17-13-31-20-8-6-5-7-19(17)20/h5-8,13-16,21-24,31H,4,9-12,29H2,1-3H3,(H,30,32)(H,33,37)(H,34,38)(H,35,36)(H,39,40). The van der Waals surface area contributed by atoms with Crippen LogP contribution in [0, 0.1) is 5.92 Å². The third kappa shape index (κ3) is 8.82. The van der Waals surface area contributed by atoms with Crippen LogP contribution in [0.3, 0.4) is 0 Å². The smallest absolute Gasteiger partial charge is 0.326 e. The number of imidazole rings is 1. The number of hydrogen-bond donors (Lipinski definition) is 7. The number of aliphatic carboxylic acids is 1. The van der Waals surface area contributed by atoms with Crippen LogP contribution in [-0.4, -0.2) is 79.9 Å². The topological polar surface area (TPSA) is 195 Å². The van der Waals surface area contributed by atoms with Gasteiger partial charge in [-0.05, 0) is 36.0 Å². The highest BCUT2D eigenvalue weighted by atomic mass is 32.2. The average molecular weight is 586 g/mol. The van der Waals surface area contributed by atoms with Gasteiger partial charge in [0.05, 0.1) is 12.4 Å². The molecule has 0 aliphatic heterocycles. The third-order valence-corrected chi connectivity index (χ3v) is 7.77. The number of aromatic amines is 2. The molecular weight excluding hydrogens is 546 g/mol. The van der Waals surface area contributed by atoms with Gasteiger partial charge in [0.25, 0.3) is 0 Å². The molecule has 0 aliphatic carbocycles. The number of fused-ring (bicyclic) bond motifs is 1. The molecule has 222 valence electrons. The van der Waals surface area contributed by atoms with Crippen LogP contribution in [0.1, 0.15) is 37.9 Å². The van der Waals surface area contributed by atoms with Gasteiger partial charge in [-0.2, -0.15) is 11.8 Å². The van der Waals surface area contributed by atoms with E-state index in [0.717, 1.165) is 16.5 Å². The number of thioether (sulfide) groups is 1. The number of rotatable bonds is 16. The number of nitrogens with two attached hydrogens (primary N) is 1. The van der Waals surface area contributed by atoms with Crippen LogP contribution in [0.5, 0.6) is 0 Å². The molecule has 0 aliphatic rings. The van der Waals surface area contributed by atoms with Gasteiger partial charge in [0.2, 0.25) is 17.7 Å². The molecule has 0 bridgehead atoms. The van der Waals surface area contributed by atoms with Gasteiger partial charge < -0.3 is 36.8 Å². The molecule has 0 spiro atoms. The fourth-order valence-electron chi connectivity index (χ4n) is 4.38. The average Bonchev–Trinajstić information content (AvgIpc) is 3.63. The number of carboxylic acid groups (broad SMARTS) is 1. The minimum absolute atomic E-state index is 0.0558. The zero-order valence-electron chi connectivity index (χ0n) is 23.5. The summed E-state index contributed by atoms with van der Waals surface area (Å²) in [4.78, 5) is 61.8. The summed E-state index contributed by atoms with van der Waals surface area (Å²) in [5.74, 6) is -2.45. The van der Waals surface area contributed by atoms with Gasteiger partial charge in [0, 0.05) is 41.8 Å². The fourth-order valence-corrected chi connectivity index (χ4v) is 4.85. The first-order valence-electron chi connectivity index (χ1n) is 13.5. The number of amides is 3. The number of para-hydroxylation sites is 1. The van der Waals surface area contributed by atoms with Crippen molar-refractivity contribution in [3.63, 3.8) is 0 Å². The Hall–Kier alpha value is -3.84. The molecule has 1 aromatic carbocycles. The highest BCUT2D eigenvalue weighted by Crippen LogP contribution is 2.19. The summed E-state index contributed by atoms with van der Waals surface area (Å²) >= 11 is 1.49. The van der Waals surface area contributed by atoms with E-state index in [-0.39, 0.29) is 25.2 Å². The van der Waals surface area contributed by atoms with Crippen LogP contribution in [0.2, 0.25) is 0 Å². The number of carbonyl (C=O) groups is 4. The number of nitrogens with zero attached hydrogens (tertiary/aromatic N) is 1. The molecule has 8 N–H and O–H groups in total. The lowest BCUT2D eigenvalue weighted by atomic mass is 9.98. The lowest BCUT2D eigenvalue weighted by Crippen LogP contribution is -2.58. The molecule has 5 atom stereocenters. The highest BCUT2D eigenvalue weighted by molar-refractivity contribution is 7.98. The summed E-state index contributed by atoms with van der Waals surface area (Å²) in [6.45, 7) is 3.77. The van der Waals surface area contributed by atoms with E-state index in [2.05, 4.69) is 30.9 Å². The van der Waals surface area contributed by atoms with E-state index in [1.54, 1.807) is 12.4 Å². The van der Waals surface area contributed by atoms with E-state index in [4.69, 9.17) is 5.73 Å². The SMILES string of the molecule is CCC(C)C(N)C(=O)NC(Cc1cnc[nH]1)C(=O)NC(CCSC)C(=O)NC(Cc1c[nH]c2ccccc12)C(=O)O. The maximum Gasteiger partial charge on any atom is 0.326 e. The van der Waals surface area contributed by atoms with Crippen molar-refractivity contribution in [2.75, 3.05) is 12.0 Å². The van der Waals surface area contributed by atoms with Crippen LogP contribution in [0.25, 0.3) is 10.9 Å². The maximum atomic E-state index is 13.5. The van der Waals surface area contributed by atoms with Gasteiger partial charge in [0.1, 0.15) is 18.1 Å². The Morgan fingerprint density at radius 3 is 2.34 bits per heavy atom. The van der Waals surface area contributed by atoms with Crippen LogP contribution < -0.4 is 21.7 Å². The zero-order chi connectivity index (χ0) is 29.9. The van der Waals surface area contributed by atoms with Crippen molar-refractivity contribution in [3.8, 4) is 0 Å². The summed E-state index contributed by atoms with van der Waals surface area (Å²) in [6, 6.07) is 3.40. The molecule has 2 aromatic heterocycles. The normalized spacial score (nSPS) is 14.9. The van der Waals surface area contributed by atoms with E-state index >= 15 is 0 Å². The molecule has 0 fully saturated rings. The monoisotopic (exact) mass is 585 g/mol. The lowest BCUT2D eigenvalue weighted by Gasteiger charge is -2.26. The Balaban J connectivity index is 1.76. The first kappa shape index (κ1) is 31.7. The maximum absolute atomic E-state index is 13.5. The number of carboxylic acids is 1. The number of benzene rings is 1. The van der Waals surface area contributed by atoms with Gasteiger partial charge in [-0.15, -0.1) is 0 Å². The quantitative estimate of drug-likeness (QED) is 0.131. The molecule has 0 saturated heterocycles. The molecule has 2 heterocycles. The Labute approximate surface area is 243 Å². The molecule has 0 radical (unpaired) electrons. The lowest BCUT2D eigenvalue weighted by molar-refractivity contribution is -0.142. The molecule has 12 nitrogen and oxygen atoms in total. The second-order valence-electron chi connectivity index (χ2n) is 10.1. The first-order valence-corrected chi connectivity index (χ1v) is 14.9. The highest BCUT2D eigenvalue weighted by Gasteiger charge is 2.31. The summed E-state index contributed by atoms with van der Waals surface area (Å²) in [6.07, 6.45) is 7.70. The summed E-state index contributed by atoms with van der Waals surface area (Å²) in [5, 5.41) is 18.8. The predicted molar refractivity (Wildman–Crippen MR) is 158 cm³/mol. The van der Waals surface area contributed by atoms with Crippen molar-refractivity contribution in [1.82, 2.24) is 30.9 Å². The van der Waals surface area contributed by atoms with Gasteiger partial charge in [0.15, 0.2) is 0 Å². The number of carbonyl (C=O) groups excluding carboxylic acids is 3. The molecule has 3 amide bonds. The van der Waals surface area contributed by atoms with Crippen LogP contribution >= 0.6 is 11.8 Å². The van der Waals surface area contributed by atoms with Crippen molar-refractivity contribution in [3.05, 3.63) is 54.2 Å². The molecular formula is C28H39N7O5S. The van der Waals surface area contributed by atoms with Crippen LogP contribution in [-0.2, 0) is 32.0 Å². The number of nitrogens with one attached hydrogen (secondary N) is 5. The number of H-pyrrole nitrogens is 2. The molecule has 3 aromatic rings. The Kier molecular flexibility index (Phi) is 11.8. The minimum atomic E-state index is -1.22. The molecule has 5 unspecified atom stereocenters. The largest absolute Gasteiger partial charge is 0.480 e. The number of aromatic nitrogens is 3. The van der Waals surface area contributed by atoms with Crippen molar-refractivity contribution in [2.24, 2.45) is 11.7 Å². The molecule has 13 heteroatoms. The number of hydrogen-bond acceptors (Lipinski definition) is 7. The van der Waals surface area contributed by atoms with Gasteiger partial charge >= 0.3 is 5.97 Å². The summed E-state index contributed by atoms with van der Waals surface area (Å²) < 4.78 is 0. The summed E-state index contributed by atoms with van der Waals surface area (Å²) in [5.41, 5.74) is 8.31. The Bertz CT molecular complexity index is 1310. The van der Waals surface area contributed by atoms with E-state index < -0.39 is 47.9 Å². The second-order valence-corrected chi connectivity index (χ2v) is 11.0. The Morgan fingerprint density at radius 1 is 1.00 bits per heavy atom. The molecule has 41 heavy (non-hydrogen) atoms. The van der Waals surface area contributed by atoms with Crippen LogP contribution in [0.4, 0.5) is 0 Å². The third-order valence-electron chi connectivity index (χ3n) is 7.13. The Morgan fingerprint density at radius 2 is 1.68 bits per heavy atom. The fraction of sp³-hybridized carbons (Fsp3) is 0.464. The summed E-state index contributed by atoms with van der Waals surface area (Å²) in [7, 11) is 0. The van der Waals surface area contributed by atoms with Crippen molar-refractivity contribution in [1.29, 1.82) is 0 Å². The van der Waals surface area contributed by atoms with Gasteiger partial charge in [-0.25, -0.2) is 9.78 Å². The minimum Gasteiger partial charge on any atom is -0.480 e. The van der Waals surface area contributed by atoms with Crippen molar-refractivity contribution in [2.45, 2.75) is 63.7 Å². The second kappa shape index (κ2) is 15.2. The van der Waals surface area contributed by atoms with Gasteiger partial charge in [-0.3, -0.25) is 14.4 Å². The molecule has 0 saturated carbocycles. The van der Waals surface area contributed by atoms with Crippen molar-refractivity contribution < 1.29 is 24.3 Å². The first-order chi connectivity index (χ1) is 19.6. The molecule has 3 rings (SSSR count). The van der Waals surface area contributed by atoms with Crippen molar-refractivity contribution >= 4 is 46.4 Å². The van der Waals surface area contributed by atoms with Gasteiger partial charge in [-0.1, -0.05) is 38.5 Å². The van der Waals surface area contributed by atoms with E-state index in [0.29, 0.717) is 17.9 Å². The van der Waals surface area contributed by atoms with Crippen LogP contribution in [0.15, 0.2) is 43.0 Å². The van der Waals surface area contributed by atoms with E-state index in [1.807, 2.05) is 44.4 Å².